The fourth-order valence-electron chi connectivity index (χ4n) is 1.67. The number of carbonyl (C=O) groups excluding carboxylic acids is 1. The van der Waals surface area contributed by atoms with Crippen LogP contribution < -0.4 is 0 Å². The van der Waals surface area contributed by atoms with Crippen molar-refractivity contribution in [1.82, 2.24) is 0 Å². The Bertz CT molecular complexity index is 397. The van der Waals surface area contributed by atoms with Gasteiger partial charge in [-0.25, -0.2) is 4.79 Å². The number of aromatic hydroxyl groups is 2. The van der Waals surface area contributed by atoms with Crippen LogP contribution in [0.1, 0.15) is 35.4 Å². The molecule has 1 aromatic carbocycles. The summed E-state index contributed by atoms with van der Waals surface area (Å²) in [4.78, 5) is 11.3. The molecule has 0 saturated heterocycles. The maximum atomic E-state index is 11.3. The molecule has 0 unspecified atom stereocenters. The molecule has 0 amide bonds. The Hall–Kier alpha value is -1.71. The van der Waals surface area contributed by atoms with Gasteiger partial charge in [0, 0.05) is 0 Å². The number of rotatable bonds is 1. The van der Waals surface area contributed by atoms with Gasteiger partial charge >= 0.3 is 5.97 Å². The summed E-state index contributed by atoms with van der Waals surface area (Å²) in [5.74, 6) is -0.713. The van der Waals surface area contributed by atoms with Crippen LogP contribution >= 0.6 is 0 Å². The van der Waals surface area contributed by atoms with Crippen molar-refractivity contribution in [3.63, 3.8) is 0 Å². The molecule has 0 fully saturated rings. The van der Waals surface area contributed by atoms with Crippen molar-refractivity contribution in [2.45, 2.75) is 19.4 Å². The highest BCUT2D eigenvalue weighted by atomic mass is 16.5. The second kappa shape index (κ2) is 2.90. The number of phenolic OH excluding ortho intramolecular Hbond substituents is 2. The van der Waals surface area contributed by atoms with Gasteiger partial charge in [0.25, 0.3) is 0 Å². The Labute approximate surface area is 80.7 Å². The Kier molecular flexibility index (Phi) is 1.84. The first-order valence-corrected chi connectivity index (χ1v) is 4.41. The first-order chi connectivity index (χ1) is 6.65. The third kappa shape index (κ3) is 1.04. The molecule has 1 aliphatic rings. The van der Waals surface area contributed by atoms with Crippen LogP contribution in [-0.4, -0.2) is 16.2 Å². The highest BCUT2D eigenvalue weighted by molar-refractivity contribution is 5.97. The summed E-state index contributed by atoms with van der Waals surface area (Å²) in [6.45, 7) is 1.84. The van der Waals surface area contributed by atoms with E-state index in [9.17, 15) is 15.0 Å². The molecular weight excluding hydrogens is 184 g/mol. The van der Waals surface area contributed by atoms with Gasteiger partial charge in [-0.1, -0.05) is 6.92 Å². The van der Waals surface area contributed by atoms with Crippen LogP contribution in [0.15, 0.2) is 12.1 Å². The first-order valence-electron chi connectivity index (χ1n) is 4.41. The zero-order valence-electron chi connectivity index (χ0n) is 7.65. The molecule has 0 aromatic heterocycles. The van der Waals surface area contributed by atoms with E-state index < -0.39 is 12.1 Å². The number of carbonyl (C=O) groups is 1. The SMILES string of the molecule is CC[C@@H]1OC(=O)c2c(O)ccc(O)c21. The van der Waals surface area contributed by atoms with Crippen molar-refractivity contribution in [3.05, 3.63) is 23.3 Å². The average Bonchev–Trinajstić information content (AvgIpc) is 2.50. The molecule has 0 saturated carbocycles. The van der Waals surface area contributed by atoms with E-state index >= 15 is 0 Å². The molecule has 1 atom stereocenters. The number of hydrogen-bond donors (Lipinski definition) is 2. The van der Waals surface area contributed by atoms with E-state index in [0.717, 1.165) is 0 Å². The van der Waals surface area contributed by atoms with Gasteiger partial charge in [0.2, 0.25) is 0 Å². The van der Waals surface area contributed by atoms with Gasteiger partial charge in [0.1, 0.15) is 23.2 Å². The molecule has 0 spiro atoms. The molecule has 2 rings (SSSR count). The van der Waals surface area contributed by atoms with Crippen molar-refractivity contribution >= 4 is 5.97 Å². The molecule has 1 aromatic rings. The van der Waals surface area contributed by atoms with E-state index in [1.807, 2.05) is 6.92 Å². The number of cyclic esters (lactones) is 1. The quantitative estimate of drug-likeness (QED) is 0.527. The second-order valence-corrected chi connectivity index (χ2v) is 3.19. The lowest BCUT2D eigenvalue weighted by molar-refractivity contribution is 0.0375. The molecule has 2 N–H and O–H groups in total. The third-order valence-corrected chi connectivity index (χ3v) is 2.35. The normalized spacial score (nSPS) is 19.2. The Morgan fingerprint density at radius 2 is 2.00 bits per heavy atom. The predicted octanol–water partition coefficient (Wildman–Crippen LogP) is 1.72. The predicted molar refractivity (Wildman–Crippen MR) is 48.2 cm³/mol. The number of phenols is 2. The monoisotopic (exact) mass is 194 g/mol. The average molecular weight is 194 g/mol. The summed E-state index contributed by atoms with van der Waals surface area (Å²) in [5, 5.41) is 19.0. The molecule has 1 heterocycles. The third-order valence-electron chi connectivity index (χ3n) is 2.35. The summed E-state index contributed by atoms with van der Waals surface area (Å²) in [6, 6.07) is 2.65. The zero-order chi connectivity index (χ0) is 10.3. The minimum absolute atomic E-state index is 0.00417. The molecule has 4 heteroatoms. The standard InChI is InChI=1S/C10H10O4/c1-2-7-8-5(11)3-4-6(12)9(8)10(13)14-7/h3-4,7,11-12H,2H2,1H3/t7-/m0/s1. The smallest absolute Gasteiger partial charge is 0.343 e. The lowest BCUT2D eigenvalue weighted by atomic mass is 10.0. The number of esters is 1. The lowest BCUT2D eigenvalue weighted by Crippen LogP contribution is -1.96. The molecule has 14 heavy (non-hydrogen) atoms. The van der Waals surface area contributed by atoms with Gasteiger partial charge in [-0.05, 0) is 18.6 Å². The van der Waals surface area contributed by atoms with E-state index in [4.69, 9.17) is 4.74 Å². The first kappa shape index (κ1) is 8.87. The van der Waals surface area contributed by atoms with Crippen molar-refractivity contribution in [1.29, 1.82) is 0 Å². The molecule has 0 bridgehead atoms. The topological polar surface area (TPSA) is 66.8 Å². The van der Waals surface area contributed by atoms with Gasteiger partial charge < -0.3 is 14.9 Å². The van der Waals surface area contributed by atoms with E-state index in [1.165, 1.54) is 12.1 Å². The molecule has 1 aliphatic heterocycles. The van der Waals surface area contributed by atoms with Crippen molar-refractivity contribution in [2.75, 3.05) is 0 Å². The molecule has 74 valence electrons. The highest BCUT2D eigenvalue weighted by Crippen LogP contribution is 2.42. The van der Waals surface area contributed by atoms with Gasteiger partial charge in [-0.15, -0.1) is 0 Å². The number of ether oxygens (including phenoxy) is 1. The maximum Gasteiger partial charge on any atom is 0.343 e. The largest absolute Gasteiger partial charge is 0.507 e. The number of fused-ring (bicyclic) bond motifs is 1. The van der Waals surface area contributed by atoms with Crippen LogP contribution in [0.5, 0.6) is 11.5 Å². The van der Waals surface area contributed by atoms with Crippen LogP contribution in [0.3, 0.4) is 0 Å². The minimum Gasteiger partial charge on any atom is -0.507 e. The number of hydrogen-bond acceptors (Lipinski definition) is 4. The highest BCUT2D eigenvalue weighted by Gasteiger charge is 2.35. The van der Waals surface area contributed by atoms with Crippen LogP contribution in [0.25, 0.3) is 0 Å². The van der Waals surface area contributed by atoms with Crippen LogP contribution in [-0.2, 0) is 4.74 Å². The number of benzene rings is 1. The zero-order valence-corrected chi connectivity index (χ0v) is 7.65. The van der Waals surface area contributed by atoms with Gasteiger partial charge in [0.05, 0.1) is 5.56 Å². The summed E-state index contributed by atoms with van der Waals surface area (Å²) < 4.78 is 4.98. The van der Waals surface area contributed by atoms with Crippen LogP contribution in [0, 0.1) is 0 Å². The van der Waals surface area contributed by atoms with Gasteiger partial charge in [0.15, 0.2) is 0 Å². The van der Waals surface area contributed by atoms with Crippen LogP contribution in [0.4, 0.5) is 0 Å². The summed E-state index contributed by atoms with van der Waals surface area (Å²) in [7, 11) is 0. The Morgan fingerprint density at radius 1 is 1.36 bits per heavy atom. The lowest BCUT2D eigenvalue weighted by Gasteiger charge is -2.08. The van der Waals surface area contributed by atoms with Crippen LogP contribution in [0.2, 0.25) is 0 Å². The van der Waals surface area contributed by atoms with E-state index in [1.54, 1.807) is 0 Å². The van der Waals surface area contributed by atoms with Crippen molar-refractivity contribution < 1.29 is 19.7 Å². The molecular formula is C10H10O4. The second-order valence-electron chi connectivity index (χ2n) is 3.19. The van der Waals surface area contributed by atoms with Crippen molar-refractivity contribution in [2.24, 2.45) is 0 Å². The van der Waals surface area contributed by atoms with Crippen molar-refractivity contribution in [3.8, 4) is 11.5 Å². The Morgan fingerprint density at radius 3 is 2.64 bits per heavy atom. The van der Waals surface area contributed by atoms with E-state index in [0.29, 0.717) is 12.0 Å². The maximum absolute atomic E-state index is 11.3. The molecule has 4 nitrogen and oxygen atoms in total. The van der Waals surface area contributed by atoms with Gasteiger partial charge in [-0.3, -0.25) is 0 Å². The molecule has 0 radical (unpaired) electrons. The summed E-state index contributed by atoms with van der Waals surface area (Å²) in [5.41, 5.74) is 0.495. The van der Waals surface area contributed by atoms with Gasteiger partial charge in [-0.2, -0.15) is 0 Å². The Balaban J connectivity index is 2.66. The summed E-state index contributed by atoms with van der Waals surface area (Å²) in [6.07, 6.45) is 0.139. The summed E-state index contributed by atoms with van der Waals surface area (Å²) >= 11 is 0. The fraction of sp³-hybridized carbons (Fsp3) is 0.300. The fourth-order valence-corrected chi connectivity index (χ4v) is 1.67. The van der Waals surface area contributed by atoms with E-state index in [-0.39, 0.29) is 17.1 Å². The minimum atomic E-state index is -0.569. The molecule has 0 aliphatic carbocycles. The van der Waals surface area contributed by atoms with E-state index in [2.05, 4.69) is 0 Å².